The summed E-state index contributed by atoms with van der Waals surface area (Å²) in [7, 11) is 0. The summed E-state index contributed by atoms with van der Waals surface area (Å²) < 4.78 is 1.31. The lowest BCUT2D eigenvalue weighted by atomic mass is 9.83. The molecule has 0 saturated heterocycles. The first-order valence-electron chi connectivity index (χ1n) is 7.22. The predicted octanol–water partition coefficient (Wildman–Crippen LogP) is 3.32. The van der Waals surface area contributed by atoms with E-state index in [0.29, 0.717) is 18.2 Å². The minimum Gasteiger partial charge on any atom is -0.382 e. The maximum absolute atomic E-state index is 12.0. The number of anilines is 1. The van der Waals surface area contributed by atoms with Crippen LogP contribution < -0.4 is 10.9 Å². The van der Waals surface area contributed by atoms with E-state index >= 15 is 0 Å². The molecule has 1 aromatic rings. The van der Waals surface area contributed by atoms with Crippen LogP contribution in [0.25, 0.3) is 0 Å². The summed E-state index contributed by atoms with van der Waals surface area (Å²) >= 11 is 6.10. The van der Waals surface area contributed by atoms with Gasteiger partial charge in [0.05, 0.1) is 18.4 Å². The molecule has 0 unspecified atom stereocenters. The number of hydrogen-bond donors (Lipinski definition) is 1. The first-order valence-corrected chi connectivity index (χ1v) is 7.60. The quantitative estimate of drug-likeness (QED) is 0.848. The first-order chi connectivity index (χ1) is 9.61. The summed E-state index contributed by atoms with van der Waals surface area (Å²) in [5.74, 6) is 1.51. The standard InChI is InChI=1S/C15H22ClN3O/c1-3-8-19-15(20)14(16)13(10-18-19)17-9-12-6-4-11(2)5-7-12/h3,10-12,17H,1,4-9H2,2H3. The smallest absolute Gasteiger partial charge is 0.287 e. The fourth-order valence-corrected chi connectivity index (χ4v) is 2.84. The van der Waals surface area contributed by atoms with Gasteiger partial charge >= 0.3 is 0 Å². The zero-order chi connectivity index (χ0) is 14.5. The van der Waals surface area contributed by atoms with Crippen molar-refractivity contribution in [2.75, 3.05) is 11.9 Å². The molecule has 110 valence electrons. The van der Waals surface area contributed by atoms with E-state index in [1.165, 1.54) is 30.4 Å². The normalized spacial score (nSPS) is 22.5. The van der Waals surface area contributed by atoms with E-state index < -0.39 is 0 Å². The summed E-state index contributed by atoms with van der Waals surface area (Å²) in [6, 6.07) is 0. The summed E-state index contributed by atoms with van der Waals surface area (Å²) in [4.78, 5) is 12.0. The monoisotopic (exact) mass is 295 g/mol. The van der Waals surface area contributed by atoms with Crippen LogP contribution in [0.5, 0.6) is 0 Å². The Morgan fingerprint density at radius 2 is 2.20 bits per heavy atom. The topological polar surface area (TPSA) is 46.9 Å². The lowest BCUT2D eigenvalue weighted by Crippen LogP contribution is -2.25. The largest absolute Gasteiger partial charge is 0.382 e. The molecule has 0 atom stereocenters. The summed E-state index contributed by atoms with van der Waals surface area (Å²) in [6.07, 6.45) is 8.32. The molecule has 0 spiro atoms. The zero-order valence-corrected chi connectivity index (χ0v) is 12.7. The van der Waals surface area contributed by atoms with Crippen molar-refractivity contribution < 1.29 is 0 Å². The van der Waals surface area contributed by atoms with Gasteiger partial charge in [-0.3, -0.25) is 4.79 Å². The highest BCUT2D eigenvalue weighted by molar-refractivity contribution is 6.32. The molecule has 1 aliphatic rings. The summed E-state index contributed by atoms with van der Waals surface area (Å²) in [6.45, 7) is 7.14. The number of aromatic nitrogens is 2. The van der Waals surface area contributed by atoms with E-state index in [2.05, 4.69) is 23.9 Å². The minimum absolute atomic E-state index is 0.214. The molecule has 2 rings (SSSR count). The molecular formula is C15H22ClN3O. The lowest BCUT2D eigenvalue weighted by molar-refractivity contribution is 0.300. The van der Waals surface area contributed by atoms with Crippen molar-refractivity contribution in [2.45, 2.75) is 39.2 Å². The van der Waals surface area contributed by atoms with Crippen molar-refractivity contribution in [3.8, 4) is 0 Å². The van der Waals surface area contributed by atoms with Crippen LogP contribution in [0, 0.1) is 11.8 Å². The average Bonchev–Trinajstić information content (AvgIpc) is 2.45. The number of allylic oxidation sites excluding steroid dienone is 1. The molecule has 1 saturated carbocycles. The molecule has 20 heavy (non-hydrogen) atoms. The molecule has 1 fully saturated rings. The predicted molar refractivity (Wildman–Crippen MR) is 83.3 cm³/mol. The Morgan fingerprint density at radius 3 is 2.85 bits per heavy atom. The van der Waals surface area contributed by atoms with Gasteiger partial charge in [0.1, 0.15) is 5.02 Å². The van der Waals surface area contributed by atoms with Crippen molar-refractivity contribution in [1.29, 1.82) is 0 Å². The first kappa shape index (κ1) is 15.1. The Hall–Kier alpha value is -1.29. The van der Waals surface area contributed by atoms with Crippen LogP contribution in [0.1, 0.15) is 32.6 Å². The molecule has 1 heterocycles. The Morgan fingerprint density at radius 1 is 1.50 bits per heavy atom. The van der Waals surface area contributed by atoms with E-state index in [-0.39, 0.29) is 10.6 Å². The van der Waals surface area contributed by atoms with E-state index in [1.54, 1.807) is 12.3 Å². The summed E-state index contributed by atoms with van der Waals surface area (Å²) in [5, 5.41) is 7.58. The SMILES string of the molecule is C=CCn1ncc(NCC2CCC(C)CC2)c(Cl)c1=O. The van der Waals surface area contributed by atoms with Gasteiger partial charge < -0.3 is 5.32 Å². The van der Waals surface area contributed by atoms with Crippen LogP contribution in [-0.4, -0.2) is 16.3 Å². The number of nitrogens with zero attached hydrogens (tertiary/aromatic N) is 2. The van der Waals surface area contributed by atoms with Crippen LogP contribution in [0.2, 0.25) is 5.02 Å². The third kappa shape index (κ3) is 3.63. The average molecular weight is 296 g/mol. The van der Waals surface area contributed by atoms with Gasteiger partial charge in [0.25, 0.3) is 5.56 Å². The van der Waals surface area contributed by atoms with Gasteiger partial charge in [0, 0.05) is 6.54 Å². The van der Waals surface area contributed by atoms with E-state index in [4.69, 9.17) is 11.6 Å². The number of rotatable bonds is 5. The maximum Gasteiger partial charge on any atom is 0.287 e. The molecule has 1 aromatic heterocycles. The van der Waals surface area contributed by atoms with Crippen LogP contribution in [0.15, 0.2) is 23.6 Å². The fourth-order valence-electron chi connectivity index (χ4n) is 2.63. The van der Waals surface area contributed by atoms with E-state index in [9.17, 15) is 4.79 Å². The van der Waals surface area contributed by atoms with Gasteiger partial charge in [-0.15, -0.1) is 6.58 Å². The van der Waals surface area contributed by atoms with Gasteiger partial charge in [-0.25, -0.2) is 4.68 Å². The Balaban J connectivity index is 1.98. The van der Waals surface area contributed by atoms with Crippen LogP contribution in [0.3, 0.4) is 0 Å². The molecule has 0 radical (unpaired) electrons. The highest BCUT2D eigenvalue weighted by Crippen LogP contribution is 2.28. The molecule has 1 N–H and O–H groups in total. The Labute approximate surface area is 124 Å². The second-order valence-corrected chi connectivity index (χ2v) is 6.03. The lowest BCUT2D eigenvalue weighted by Gasteiger charge is -2.26. The molecular weight excluding hydrogens is 274 g/mol. The molecule has 5 heteroatoms. The van der Waals surface area contributed by atoms with Gasteiger partial charge in [0.15, 0.2) is 0 Å². The summed E-state index contributed by atoms with van der Waals surface area (Å²) in [5.41, 5.74) is 0.365. The second kappa shape index (κ2) is 6.93. The van der Waals surface area contributed by atoms with Gasteiger partial charge in [0.2, 0.25) is 0 Å². The van der Waals surface area contributed by atoms with Crippen LogP contribution in [0.4, 0.5) is 5.69 Å². The highest BCUT2D eigenvalue weighted by Gasteiger charge is 2.18. The van der Waals surface area contributed by atoms with Crippen LogP contribution in [-0.2, 0) is 6.54 Å². The van der Waals surface area contributed by atoms with Crippen molar-refractivity contribution in [3.05, 3.63) is 34.2 Å². The third-order valence-electron chi connectivity index (χ3n) is 4.00. The number of halogens is 1. The third-order valence-corrected chi connectivity index (χ3v) is 4.37. The molecule has 0 amide bonds. The van der Waals surface area contributed by atoms with Gasteiger partial charge in [-0.05, 0) is 24.7 Å². The van der Waals surface area contributed by atoms with E-state index in [1.807, 2.05) is 0 Å². The molecule has 4 nitrogen and oxygen atoms in total. The van der Waals surface area contributed by atoms with Crippen molar-refractivity contribution in [2.24, 2.45) is 11.8 Å². The molecule has 0 aliphatic heterocycles. The molecule has 0 bridgehead atoms. The van der Waals surface area contributed by atoms with Gasteiger partial charge in [-0.2, -0.15) is 5.10 Å². The highest BCUT2D eigenvalue weighted by atomic mass is 35.5. The minimum atomic E-state index is -0.270. The molecule has 1 aliphatic carbocycles. The van der Waals surface area contributed by atoms with Crippen molar-refractivity contribution in [1.82, 2.24) is 9.78 Å². The van der Waals surface area contributed by atoms with Gasteiger partial charge in [-0.1, -0.05) is 37.4 Å². The van der Waals surface area contributed by atoms with Crippen molar-refractivity contribution >= 4 is 17.3 Å². The maximum atomic E-state index is 12.0. The van der Waals surface area contributed by atoms with Crippen molar-refractivity contribution in [3.63, 3.8) is 0 Å². The second-order valence-electron chi connectivity index (χ2n) is 5.65. The zero-order valence-electron chi connectivity index (χ0n) is 11.9. The fraction of sp³-hybridized carbons (Fsp3) is 0.600. The number of nitrogens with one attached hydrogen (secondary N) is 1. The Bertz CT molecular complexity index is 518. The Kier molecular flexibility index (Phi) is 5.24. The van der Waals surface area contributed by atoms with E-state index in [0.717, 1.165) is 12.5 Å². The number of hydrogen-bond acceptors (Lipinski definition) is 3. The molecule has 0 aromatic carbocycles. The van der Waals surface area contributed by atoms with Crippen LogP contribution >= 0.6 is 11.6 Å².